The number of aliphatic hydroxyl groups is 1. The van der Waals surface area contributed by atoms with Gasteiger partial charge in [-0.1, -0.05) is 0 Å². The van der Waals surface area contributed by atoms with Gasteiger partial charge in [-0.05, 0) is 19.9 Å². The van der Waals surface area contributed by atoms with Gasteiger partial charge in [0.1, 0.15) is 5.60 Å². The van der Waals surface area contributed by atoms with Gasteiger partial charge >= 0.3 is 5.97 Å². The maximum atomic E-state index is 10.5. The molecule has 1 aromatic rings. The van der Waals surface area contributed by atoms with E-state index in [0.717, 1.165) is 0 Å². The number of carboxylic acids is 1. The van der Waals surface area contributed by atoms with Crippen molar-refractivity contribution in [2.75, 3.05) is 0 Å². The van der Waals surface area contributed by atoms with Crippen molar-refractivity contribution >= 4 is 5.97 Å². The Balaban J connectivity index is 3.18. The second-order valence-electron chi connectivity index (χ2n) is 3.40. The van der Waals surface area contributed by atoms with E-state index in [1.165, 1.54) is 10.7 Å². The van der Waals surface area contributed by atoms with Crippen LogP contribution in [0.1, 0.15) is 30.0 Å². The Bertz CT molecular complexity index is 336. The summed E-state index contributed by atoms with van der Waals surface area (Å²) >= 11 is 0. The van der Waals surface area contributed by atoms with Crippen molar-refractivity contribution < 1.29 is 15.0 Å². The molecule has 0 unspecified atom stereocenters. The third-order valence-corrected chi connectivity index (χ3v) is 1.73. The monoisotopic (exact) mass is 184 g/mol. The van der Waals surface area contributed by atoms with Gasteiger partial charge in [-0.2, -0.15) is 5.10 Å². The van der Waals surface area contributed by atoms with Crippen molar-refractivity contribution in [3.05, 3.63) is 17.5 Å². The summed E-state index contributed by atoms with van der Waals surface area (Å²) < 4.78 is 1.36. The van der Waals surface area contributed by atoms with Crippen LogP contribution < -0.4 is 0 Å². The molecule has 0 fully saturated rings. The number of aryl methyl sites for hydroxylation is 1. The van der Waals surface area contributed by atoms with Crippen molar-refractivity contribution in [2.45, 2.75) is 19.4 Å². The van der Waals surface area contributed by atoms with Gasteiger partial charge in [0, 0.05) is 7.05 Å². The zero-order chi connectivity index (χ0) is 10.2. The maximum Gasteiger partial charge on any atom is 0.356 e. The van der Waals surface area contributed by atoms with E-state index in [-0.39, 0.29) is 5.69 Å². The number of rotatable bonds is 2. The van der Waals surface area contributed by atoms with Gasteiger partial charge in [-0.25, -0.2) is 4.79 Å². The fraction of sp³-hybridized carbons (Fsp3) is 0.500. The van der Waals surface area contributed by atoms with E-state index in [1.807, 2.05) is 0 Å². The minimum absolute atomic E-state index is 0.0559. The molecule has 0 amide bonds. The largest absolute Gasteiger partial charge is 0.476 e. The summed E-state index contributed by atoms with van der Waals surface area (Å²) in [7, 11) is 1.60. The molecule has 0 aromatic carbocycles. The lowest BCUT2D eigenvalue weighted by molar-refractivity contribution is 0.0687. The van der Waals surface area contributed by atoms with E-state index in [0.29, 0.717) is 5.69 Å². The lowest BCUT2D eigenvalue weighted by Gasteiger charge is -2.16. The average molecular weight is 184 g/mol. The Morgan fingerprint density at radius 3 is 2.38 bits per heavy atom. The Labute approximate surface area is 75.6 Å². The summed E-state index contributed by atoms with van der Waals surface area (Å²) in [5.41, 5.74) is -0.653. The van der Waals surface area contributed by atoms with Crippen LogP contribution in [0.3, 0.4) is 0 Å². The summed E-state index contributed by atoms with van der Waals surface area (Å²) in [4.78, 5) is 10.5. The van der Waals surface area contributed by atoms with Crippen LogP contribution in [-0.4, -0.2) is 26.0 Å². The zero-order valence-electron chi connectivity index (χ0n) is 7.77. The van der Waals surface area contributed by atoms with E-state index in [9.17, 15) is 9.90 Å². The van der Waals surface area contributed by atoms with Crippen LogP contribution in [0.5, 0.6) is 0 Å². The predicted molar refractivity (Wildman–Crippen MR) is 45.4 cm³/mol. The van der Waals surface area contributed by atoms with Crippen LogP contribution in [0.25, 0.3) is 0 Å². The van der Waals surface area contributed by atoms with Crippen LogP contribution in [0.2, 0.25) is 0 Å². The summed E-state index contributed by atoms with van der Waals surface area (Å²) in [6.07, 6.45) is 0. The number of aromatic carboxylic acids is 1. The molecular weight excluding hydrogens is 172 g/mol. The molecule has 0 radical (unpaired) electrons. The van der Waals surface area contributed by atoms with Crippen molar-refractivity contribution in [1.82, 2.24) is 9.78 Å². The summed E-state index contributed by atoms with van der Waals surface area (Å²) in [5, 5.41) is 22.0. The molecule has 1 heterocycles. The zero-order valence-corrected chi connectivity index (χ0v) is 7.77. The molecule has 0 aliphatic heterocycles. The summed E-state index contributed by atoms with van der Waals surface area (Å²) in [6.45, 7) is 3.16. The van der Waals surface area contributed by atoms with E-state index in [1.54, 1.807) is 20.9 Å². The molecule has 0 saturated carbocycles. The first-order valence-electron chi connectivity index (χ1n) is 3.82. The van der Waals surface area contributed by atoms with Crippen LogP contribution in [0.4, 0.5) is 0 Å². The first-order chi connectivity index (χ1) is 5.82. The van der Waals surface area contributed by atoms with Crippen molar-refractivity contribution in [1.29, 1.82) is 0 Å². The Hall–Kier alpha value is -1.36. The molecule has 72 valence electrons. The standard InChI is InChI=1S/C8H12N2O3/c1-8(2,13)6-4-5(7(11)12)9-10(6)3/h4,13H,1-3H3,(H,11,12). The summed E-state index contributed by atoms with van der Waals surface area (Å²) in [6, 6.07) is 1.36. The van der Waals surface area contributed by atoms with E-state index in [2.05, 4.69) is 5.10 Å². The molecule has 5 heteroatoms. The number of carbonyl (C=O) groups is 1. The highest BCUT2D eigenvalue weighted by molar-refractivity contribution is 5.85. The minimum atomic E-state index is -1.09. The molecule has 0 atom stereocenters. The lowest BCUT2D eigenvalue weighted by Crippen LogP contribution is -2.19. The number of hydrogen-bond acceptors (Lipinski definition) is 3. The average Bonchev–Trinajstić information content (AvgIpc) is 2.29. The number of aromatic nitrogens is 2. The topological polar surface area (TPSA) is 75.4 Å². The third kappa shape index (κ3) is 1.86. The molecule has 0 saturated heterocycles. The van der Waals surface area contributed by atoms with Gasteiger partial charge < -0.3 is 10.2 Å². The SMILES string of the molecule is Cn1nc(C(=O)O)cc1C(C)(C)O. The van der Waals surface area contributed by atoms with Gasteiger partial charge in [0.15, 0.2) is 5.69 Å². The number of nitrogens with zero attached hydrogens (tertiary/aromatic N) is 2. The van der Waals surface area contributed by atoms with Gasteiger partial charge in [0.2, 0.25) is 0 Å². The fourth-order valence-corrected chi connectivity index (χ4v) is 1.14. The van der Waals surface area contributed by atoms with Crippen LogP contribution in [-0.2, 0) is 12.6 Å². The van der Waals surface area contributed by atoms with E-state index >= 15 is 0 Å². The van der Waals surface area contributed by atoms with Crippen LogP contribution >= 0.6 is 0 Å². The Morgan fingerprint density at radius 2 is 2.15 bits per heavy atom. The van der Waals surface area contributed by atoms with E-state index < -0.39 is 11.6 Å². The molecule has 0 aliphatic carbocycles. The molecule has 1 rings (SSSR count). The Kier molecular flexibility index (Phi) is 2.13. The van der Waals surface area contributed by atoms with Crippen LogP contribution in [0.15, 0.2) is 6.07 Å². The van der Waals surface area contributed by atoms with Crippen LogP contribution in [0, 0.1) is 0 Å². The maximum absolute atomic E-state index is 10.5. The van der Waals surface area contributed by atoms with Crippen molar-refractivity contribution in [3.8, 4) is 0 Å². The van der Waals surface area contributed by atoms with E-state index in [4.69, 9.17) is 5.11 Å². The fourth-order valence-electron chi connectivity index (χ4n) is 1.14. The quantitative estimate of drug-likeness (QED) is 0.695. The van der Waals surface area contributed by atoms with Gasteiger partial charge in [-0.3, -0.25) is 4.68 Å². The third-order valence-electron chi connectivity index (χ3n) is 1.73. The second-order valence-corrected chi connectivity index (χ2v) is 3.40. The lowest BCUT2D eigenvalue weighted by atomic mass is 10.1. The van der Waals surface area contributed by atoms with Crippen molar-refractivity contribution in [3.63, 3.8) is 0 Å². The molecule has 0 aliphatic rings. The first kappa shape index (κ1) is 9.73. The molecule has 13 heavy (non-hydrogen) atoms. The second kappa shape index (κ2) is 2.85. The van der Waals surface area contributed by atoms with Gasteiger partial charge in [0.25, 0.3) is 0 Å². The minimum Gasteiger partial charge on any atom is -0.476 e. The molecule has 0 bridgehead atoms. The smallest absolute Gasteiger partial charge is 0.356 e. The molecule has 0 spiro atoms. The number of hydrogen-bond donors (Lipinski definition) is 2. The normalized spacial score (nSPS) is 11.7. The molecular formula is C8H12N2O3. The van der Waals surface area contributed by atoms with Crippen molar-refractivity contribution in [2.24, 2.45) is 7.05 Å². The molecule has 5 nitrogen and oxygen atoms in total. The van der Waals surface area contributed by atoms with Gasteiger partial charge in [-0.15, -0.1) is 0 Å². The highest BCUT2D eigenvalue weighted by atomic mass is 16.4. The van der Waals surface area contributed by atoms with Gasteiger partial charge in [0.05, 0.1) is 5.69 Å². The summed E-state index contributed by atoms with van der Waals surface area (Å²) in [5.74, 6) is -1.09. The first-order valence-corrected chi connectivity index (χ1v) is 3.82. The molecule has 1 aromatic heterocycles. The molecule has 2 N–H and O–H groups in total. The highest BCUT2D eigenvalue weighted by Crippen LogP contribution is 2.19. The number of carboxylic acid groups (broad SMARTS) is 1. The Morgan fingerprint density at radius 1 is 1.62 bits per heavy atom. The predicted octanol–water partition coefficient (Wildman–Crippen LogP) is 0.346. The highest BCUT2D eigenvalue weighted by Gasteiger charge is 2.23.